The second-order valence-corrected chi connectivity index (χ2v) is 5.91. The molecule has 0 aliphatic rings. The third kappa shape index (κ3) is 3.31. The van der Waals surface area contributed by atoms with Gasteiger partial charge >= 0.3 is 0 Å². The molecule has 1 atom stereocenters. The Morgan fingerprint density at radius 1 is 1.39 bits per heavy atom. The van der Waals surface area contributed by atoms with Crippen molar-refractivity contribution in [3.63, 3.8) is 0 Å². The van der Waals surface area contributed by atoms with Gasteiger partial charge in [-0.05, 0) is 17.1 Å². The molecule has 0 aliphatic heterocycles. The molecule has 0 radical (unpaired) electrons. The summed E-state index contributed by atoms with van der Waals surface area (Å²) < 4.78 is 5.21. The molecule has 1 aromatic heterocycles. The van der Waals surface area contributed by atoms with Gasteiger partial charge in [-0.1, -0.05) is 49.0 Å². The Morgan fingerprint density at radius 2 is 2.17 bits per heavy atom. The Bertz CT molecular complexity index is 531. The van der Waals surface area contributed by atoms with Gasteiger partial charge in [0.1, 0.15) is 5.82 Å². The molecule has 1 aromatic carbocycles. The molecule has 1 unspecified atom stereocenters. The van der Waals surface area contributed by atoms with Crippen molar-refractivity contribution >= 4 is 23.3 Å². The van der Waals surface area contributed by atoms with Gasteiger partial charge in [0.05, 0.1) is 12.5 Å². The number of hydrogen-bond donors (Lipinski definition) is 0. The van der Waals surface area contributed by atoms with E-state index in [-0.39, 0.29) is 5.25 Å². The molecule has 0 fully saturated rings. The average Bonchev–Trinajstić information content (AvgIpc) is 2.87. The first-order chi connectivity index (χ1) is 8.83. The van der Waals surface area contributed by atoms with Gasteiger partial charge < -0.3 is 0 Å². The Morgan fingerprint density at radius 3 is 2.78 bits per heavy atom. The lowest BCUT2D eigenvalue weighted by Gasteiger charge is -2.11. The fourth-order valence-electron chi connectivity index (χ4n) is 1.53. The first-order valence-corrected chi connectivity index (χ1v) is 7.40. The highest BCUT2D eigenvalue weighted by Crippen LogP contribution is 2.38. The smallest absolute Gasteiger partial charge is 0.170 e. The van der Waals surface area contributed by atoms with Crippen LogP contribution in [-0.2, 0) is 6.42 Å². The summed E-state index contributed by atoms with van der Waals surface area (Å²) in [6.07, 6.45) is 1.33. The molecular formula is C13H13N3S2. The van der Waals surface area contributed by atoms with E-state index in [0.717, 1.165) is 22.1 Å². The first-order valence-electron chi connectivity index (χ1n) is 5.74. The first kappa shape index (κ1) is 13.1. The highest BCUT2D eigenvalue weighted by molar-refractivity contribution is 8.01. The van der Waals surface area contributed by atoms with Crippen LogP contribution in [0.4, 0.5) is 0 Å². The van der Waals surface area contributed by atoms with Gasteiger partial charge in [0.25, 0.3) is 0 Å². The van der Waals surface area contributed by atoms with E-state index in [9.17, 15) is 0 Å². The minimum atomic E-state index is 0.133. The number of benzene rings is 1. The molecular weight excluding hydrogens is 262 g/mol. The minimum absolute atomic E-state index is 0.133. The van der Waals surface area contributed by atoms with Crippen LogP contribution in [0.2, 0.25) is 0 Å². The molecule has 1 heterocycles. The molecule has 0 bridgehead atoms. The van der Waals surface area contributed by atoms with Gasteiger partial charge in [-0.15, -0.1) is 0 Å². The molecule has 3 nitrogen and oxygen atoms in total. The van der Waals surface area contributed by atoms with Gasteiger partial charge in [0.15, 0.2) is 4.34 Å². The Hall–Kier alpha value is -1.38. The van der Waals surface area contributed by atoms with E-state index in [1.807, 2.05) is 25.1 Å². The largest absolute Gasteiger partial charge is 0.213 e. The number of rotatable bonds is 5. The van der Waals surface area contributed by atoms with E-state index in [2.05, 4.69) is 27.6 Å². The molecule has 0 aliphatic carbocycles. The van der Waals surface area contributed by atoms with Crippen LogP contribution in [0, 0.1) is 11.3 Å². The maximum Gasteiger partial charge on any atom is 0.170 e. The molecule has 2 aromatic rings. The van der Waals surface area contributed by atoms with Crippen LogP contribution < -0.4 is 0 Å². The lowest BCUT2D eigenvalue weighted by molar-refractivity contribution is 0.953. The van der Waals surface area contributed by atoms with Crippen LogP contribution in [0.1, 0.15) is 30.0 Å². The van der Waals surface area contributed by atoms with Crippen molar-refractivity contribution in [2.45, 2.75) is 29.4 Å². The number of aryl methyl sites for hydroxylation is 1. The van der Waals surface area contributed by atoms with Crippen molar-refractivity contribution in [3.05, 3.63) is 41.7 Å². The van der Waals surface area contributed by atoms with Crippen LogP contribution in [0.5, 0.6) is 0 Å². The molecule has 2 rings (SSSR count). The molecule has 0 amide bonds. The van der Waals surface area contributed by atoms with E-state index in [4.69, 9.17) is 5.26 Å². The van der Waals surface area contributed by atoms with Gasteiger partial charge in [-0.2, -0.15) is 9.64 Å². The van der Waals surface area contributed by atoms with Crippen LogP contribution in [0.25, 0.3) is 0 Å². The molecule has 0 spiro atoms. The van der Waals surface area contributed by atoms with Crippen molar-refractivity contribution in [2.75, 3.05) is 0 Å². The molecule has 18 heavy (non-hydrogen) atoms. The fourth-order valence-corrected chi connectivity index (χ4v) is 3.51. The van der Waals surface area contributed by atoms with Gasteiger partial charge in [0, 0.05) is 11.7 Å². The van der Waals surface area contributed by atoms with Crippen LogP contribution in [0.3, 0.4) is 0 Å². The zero-order chi connectivity index (χ0) is 12.8. The van der Waals surface area contributed by atoms with E-state index >= 15 is 0 Å². The third-order valence-corrected chi connectivity index (χ3v) is 4.53. The van der Waals surface area contributed by atoms with Gasteiger partial charge in [-0.3, -0.25) is 0 Å². The number of hydrogen-bond acceptors (Lipinski definition) is 5. The lowest BCUT2D eigenvalue weighted by atomic mass is 10.1. The Kier molecular flexibility index (Phi) is 4.73. The zero-order valence-corrected chi connectivity index (χ0v) is 11.7. The zero-order valence-electron chi connectivity index (χ0n) is 10.0. The highest BCUT2D eigenvalue weighted by atomic mass is 32.2. The van der Waals surface area contributed by atoms with Crippen molar-refractivity contribution in [1.82, 2.24) is 9.36 Å². The van der Waals surface area contributed by atoms with Crippen molar-refractivity contribution in [2.24, 2.45) is 0 Å². The summed E-state index contributed by atoms with van der Waals surface area (Å²) in [6.45, 7) is 2.04. The molecule has 0 saturated carbocycles. The predicted octanol–water partition coefficient (Wildman–Crippen LogP) is 3.85. The van der Waals surface area contributed by atoms with Crippen LogP contribution in [-0.4, -0.2) is 9.36 Å². The van der Waals surface area contributed by atoms with Crippen molar-refractivity contribution in [1.29, 1.82) is 5.26 Å². The van der Waals surface area contributed by atoms with Crippen LogP contribution in [0.15, 0.2) is 34.7 Å². The maximum atomic E-state index is 8.93. The van der Waals surface area contributed by atoms with Crippen molar-refractivity contribution < 1.29 is 0 Å². The second kappa shape index (κ2) is 6.53. The molecule has 0 saturated heterocycles. The highest BCUT2D eigenvalue weighted by Gasteiger charge is 2.15. The van der Waals surface area contributed by atoms with E-state index in [0.29, 0.717) is 6.42 Å². The fraction of sp³-hybridized carbons (Fsp3) is 0.308. The lowest BCUT2D eigenvalue weighted by Crippen LogP contribution is -1.92. The summed E-state index contributed by atoms with van der Waals surface area (Å²) in [7, 11) is 0. The van der Waals surface area contributed by atoms with E-state index in [1.54, 1.807) is 11.8 Å². The molecule has 92 valence electrons. The normalized spacial score (nSPS) is 12.0. The summed E-state index contributed by atoms with van der Waals surface area (Å²) >= 11 is 3.04. The molecule has 5 heteroatoms. The van der Waals surface area contributed by atoms with E-state index < -0.39 is 0 Å². The van der Waals surface area contributed by atoms with Crippen molar-refractivity contribution in [3.8, 4) is 6.07 Å². The maximum absolute atomic E-state index is 8.93. The summed E-state index contributed by atoms with van der Waals surface area (Å²) in [6, 6.07) is 12.3. The summed E-state index contributed by atoms with van der Waals surface area (Å²) in [5, 5.41) is 9.06. The number of thioether (sulfide) groups is 1. The monoisotopic (exact) mass is 275 g/mol. The average molecular weight is 275 g/mol. The topological polar surface area (TPSA) is 49.6 Å². The van der Waals surface area contributed by atoms with Gasteiger partial charge in [-0.25, -0.2) is 4.98 Å². The second-order valence-electron chi connectivity index (χ2n) is 3.71. The Labute approximate surface area is 115 Å². The van der Waals surface area contributed by atoms with E-state index in [1.165, 1.54) is 11.5 Å². The van der Waals surface area contributed by atoms with Crippen LogP contribution >= 0.6 is 23.3 Å². The summed E-state index contributed by atoms with van der Waals surface area (Å²) in [4.78, 5) is 4.44. The number of aromatic nitrogens is 2. The quantitative estimate of drug-likeness (QED) is 0.778. The molecule has 0 N–H and O–H groups in total. The van der Waals surface area contributed by atoms with Gasteiger partial charge in [0.2, 0.25) is 0 Å². The SMILES string of the molecule is CCc1nsc(SC(CC#N)c2ccccc2)n1. The summed E-state index contributed by atoms with van der Waals surface area (Å²) in [5.74, 6) is 0.881. The number of nitrogens with zero attached hydrogens (tertiary/aromatic N) is 3. The Balaban J connectivity index is 2.14. The summed E-state index contributed by atoms with van der Waals surface area (Å²) in [5.41, 5.74) is 1.16. The third-order valence-electron chi connectivity index (χ3n) is 2.46. The number of nitriles is 1. The minimum Gasteiger partial charge on any atom is -0.213 e. The predicted molar refractivity (Wildman–Crippen MR) is 74.6 cm³/mol. The standard InChI is InChI=1S/C13H13N3S2/c1-2-12-15-13(18-16-12)17-11(8-9-14)10-6-4-3-5-7-10/h3-7,11H,2,8H2,1H3.